The molecular weight excluding hydrogens is 419 g/mol. The number of halogens is 2. The Balaban J connectivity index is 1.88. The molecule has 1 heterocycles. The van der Waals surface area contributed by atoms with E-state index in [1.54, 1.807) is 13.0 Å². The summed E-state index contributed by atoms with van der Waals surface area (Å²) in [5, 5.41) is 38.5. The zero-order valence-corrected chi connectivity index (χ0v) is 18.1. The van der Waals surface area contributed by atoms with E-state index in [4.69, 9.17) is 16.7 Å². The number of rotatable bonds is 11. The number of aliphatic hydroxyl groups excluding tert-OH is 3. The summed E-state index contributed by atoms with van der Waals surface area (Å²) in [7, 11) is 0. The topological polar surface area (TPSA) is 98.0 Å². The fourth-order valence-electron chi connectivity index (χ4n) is 3.91. The van der Waals surface area contributed by atoms with E-state index in [0.717, 1.165) is 17.8 Å². The molecule has 0 spiro atoms. The van der Waals surface area contributed by atoms with E-state index in [9.17, 15) is 24.5 Å². The van der Waals surface area contributed by atoms with Crippen molar-refractivity contribution in [3.8, 4) is 0 Å². The Labute approximate surface area is 179 Å². The SMILES string of the molecule is C[C@@H](O)CCC[C@H](O)/C=C/[C@@H]1[C@@H](CCCc2cc(F)c(C(=O)O)s2)[C@H](Cl)C[C@H]1O. The number of aliphatic hydroxyl groups is 3. The average Bonchev–Trinajstić information content (AvgIpc) is 3.12. The third kappa shape index (κ3) is 7.33. The number of carbonyl (C=O) groups is 1. The van der Waals surface area contributed by atoms with Crippen molar-refractivity contribution in [2.24, 2.45) is 11.8 Å². The van der Waals surface area contributed by atoms with Gasteiger partial charge in [-0.15, -0.1) is 22.9 Å². The summed E-state index contributed by atoms with van der Waals surface area (Å²) in [5.41, 5.74) is 0. The molecule has 29 heavy (non-hydrogen) atoms. The lowest BCUT2D eigenvalue weighted by molar-refractivity contribution is 0.0697. The second-order valence-electron chi connectivity index (χ2n) is 7.88. The number of carboxylic acid groups (broad SMARTS) is 1. The molecule has 0 unspecified atom stereocenters. The van der Waals surface area contributed by atoms with Gasteiger partial charge < -0.3 is 20.4 Å². The number of thiophene rings is 1. The van der Waals surface area contributed by atoms with Gasteiger partial charge in [0.1, 0.15) is 10.7 Å². The number of alkyl halides is 1. The fourth-order valence-corrected chi connectivity index (χ4v) is 5.30. The van der Waals surface area contributed by atoms with E-state index in [-0.39, 0.29) is 28.2 Å². The van der Waals surface area contributed by atoms with Gasteiger partial charge in [0.05, 0.1) is 18.3 Å². The minimum absolute atomic E-state index is 0.0383. The third-order valence-corrected chi connectivity index (χ3v) is 7.10. The highest BCUT2D eigenvalue weighted by Gasteiger charge is 2.39. The molecule has 1 aromatic heterocycles. The molecule has 1 aliphatic rings. The summed E-state index contributed by atoms with van der Waals surface area (Å²) in [4.78, 5) is 11.4. The van der Waals surface area contributed by atoms with Gasteiger partial charge in [-0.05, 0) is 63.9 Å². The van der Waals surface area contributed by atoms with Crippen LogP contribution in [0.5, 0.6) is 0 Å². The molecule has 0 saturated heterocycles. The zero-order chi connectivity index (χ0) is 21.6. The largest absolute Gasteiger partial charge is 0.477 e. The minimum atomic E-state index is -1.25. The highest BCUT2D eigenvalue weighted by Crippen LogP contribution is 2.40. The molecule has 164 valence electrons. The minimum Gasteiger partial charge on any atom is -0.477 e. The van der Waals surface area contributed by atoms with E-state index in [2.05, 4.69) is 0 Å². The molecular formula is C21H30ClFO5S. The van der Waals surface area contributed by atoms with Crippen LogP contribution >= 0.6 is 22.9 Å². The van der Waals surface area contributed by atoms with E-state index in [0.29, 0.717) is 43.4 Å². The van der Waals surface area contributed by atoms with Crippen molar-refractivity contribution in [2.45, 2.75) is 75.6 Å². The first-order valence-corrected chi connectivity index (χ1v) is 11.3. The second-order valence-corrected chi connectivity index (χ2v) is 9.58. The van der Waals surface area contributed by atoms with Crippen LogP contribution in [0, 0.1) is 17.7 Å². The molecule has 0 radical (unpaired) electrons. The Hall–Kier alpha value is -0.990. The lowest BCUT2D eigenvalue weighted by Gasteiger charge is -2.21. The summed E-state index contributed by atoms with van der Waals surface area (Å²) in [6.07, 6.45) is 6.34. The van der Waals surface area contributed by atoms with E-state index < -0.39 is 24.0 Å². The van der Waals surface area contributed by atoms with Gasteiger partial charge in [0.2, 0.25) is 0 Å². The van der Waals surface area contributed by atoms with Gasteiger partial charge in [-0.1, -0.05) is 12.2 Å². The van der Waals surface area contributed by atoms with Crippen molar-refractivity contribution < 1.29 is 29.6 Å². The van der Waals surface area contributed by atoms with Crippen LogP contribution in [0.1, 0.15) is 60.0 Å². The first-order chi connectivity index (χ1) is 13.7. The Morgan fingerprint density at radius 3 is 2.72 bits per heavy atom. The molecule has 4 N–H and O–H groups in total. The van der Waals surface area contributed by atoms with Crippen LogP contribution in [0.25, 0.3) is 0 Å². The molecule has 1 aliphatic carbocycles. The average molecular weight is 449 g/mol. The third-order valence-electron chi connectivity index (χ3n) is 5.44. The summed E-state index contributed by atoms with van der Waals surface area (Å²) in [5.74, 6) is -2.07. The number of carboxylic acids is 1. The Bertz CT molecular complexity index is 693. The molecule has 1 fully saturated rings. The predicted octanol–water partition coefficient (Wildman–Crippen LogP) is 3.98. The monoisotopic (exact) mass is 448 g/mol. The van der Waals surface area contributed by atoms with Gasteiger partial charge >= 0.3 is 5.97 Å². The summed E-state index contributed by atoms with van der Waals surface area (Å²) in [6.45, 7) is 1.72. The first-order valence-electron chi connectivity index (χ1n) is 10.1. The molecule has 0 amide bonds. The van der Waals surface area contributed by atoms with E-state index >= 15 is 0 Å². The summed E-state index contributed by atoms with van der Waals surface area (Å²) >= 11 is 7.39. The molecule has 5 nitrogen and oxygen atoms in total. The highest BCUT2D eigenvalue weighted by molar-refractivity contribution is 7.13. The van der Waals surface area contributed by atoms with E-state index in [1.807, 2.05) is 6.08 Å². The van der Waals surface area contributed by atoms with Gasteiger partial charge in [0.15, 0.2) is 0 Å². The Morgan fingerprint density at radius 2 is 2.10 bits per heavy atom. The maximum atomic E-state index is 13.6. The van der Waals surface area contributed by atoms with Crippen LogP contribution < -0.4 is 0 Å². The Morgan fingerprint density at radius 1 is 1.38 bits per heavy atom. The van der Waals surface area contributed by atoms with Crippen molar-refractivity contribution in [3.63, 3.8) is 0 Å². The first kappa shape index (κ1) is 24.3. The van der Waals surface area contributed by atoms with Gasteiger partial charge in [-0.25, -0.2) is 9.18 Å². The summed E-state index contributed by atoms with van der Waals surface area (Å²) < 4.78 is 13.6. The van der Waals surface area contributed by atoms with Crippen molar-refractivity contribution in [3.05, 3.63) is 33.8 Å². The van der Waals surface area contributed by atoms with Gasteiger partial charge in [-0.2, -0.15) is 0 Å². The number of hydrogen-bond donors (Lipinski definition) is 4. The van der Waals surface area contributed by atoms with Crippen LogP contribution in [0.2, 0.25) is 0 Å². The Kier molecular flexibility index (Phi) is 9.56. The fraction of sp³-hybridized carbons (Fsp3) is 0.667. The predicted molar refractivity (Wildman–Crippen MR) is 112 cm³/mol. The summed E-state index contributed by atoms with van der Waals surface area (Å²) in [6, 6.07) is 1.27. The van der Waals surface area contributed by atoms with Crippen LogP contribution in [0.4, 0.5) is 4.39 Å². The number of hydrogen-bond acceptors (Lipinski definition) is 5. The van der Waals surface area contributed by atoms with Gasteiger partial charge in [0, 0.05) is 16.2 Å². The second kappa shape index (κ2) is 11.4. The van der Waals surface area contributed by atoms with Crippen molar-refractivity contribution in [2.75, 3.05) is 0 Å². The van der Waals surface area contributed by atoms with E-state index in [1.165, 1.54) is 6.07 Å². The highest BCUT2D eigenvalue weighted by atomic mass is 35.5. The lowest BCUT2D eigenvalue weighted by Crippen LogP contribution is -2.19. The standard InChI is InChI=1S/C21H30ClFO5S/c1-12(24)4-2-5-13(25)8-9-16-15(17(22)11-19(16)26)7-3-6-14-10-18(23)20(29-14)21(27)28/h8-10,12-13,15-17,19,24-26H,2-7,11H2,1H3,(H,27,28)/b9-8+/t12-,13+,15-,16-,17-,19-/m1/s1. The molecule has 0 aromatic carbocycles. The molecule has 6 atom stereocenters. The molecule has 0 aliphatic heterocycles. The van der Waals surface area contributed by atoms with Crippen LogP contribution in [-0.4, -0.2) is 50.1 Å². The lowest BCUT2D eigenvalue weighted by atomic mass is 9.89. The molecule has 0 bridgehead atoms. The quantitative estimate of drug-likeness (QED) is 0.303. The van der Waals surface area contributed by atoms with Gasteiger partial charge in [0.25, 0.3) is 0 Å². The normalized spacial score (nSPS) is 26.8. The van der Waals surface area contributed by atoms with Crippen molar-refractivity contribution in [1.29, 1.82) is 0 Å². The molecule has 8 heteroatoms. The molecule has 1 saturated carbocycles. The number of aromatic carboxylic acids is 1. The van der Waals surface area contributed by atoms with Gasteiger partial charge in [-0.3, -0.25) is 0 Å². The smallest absolute Gasteiger partial charge is 0.348 e. The van der Waals surface area contributed by atoms with Crippen molar-refractivity contribution in [1.82, 2.24) is 0 Å². The van der Waals surface area contributed by atoms with Crippen LogP contribution in [0.15, 0.2) is 18.2 Å². The molecule has 1 aromatic rings. The van der Waals surface area contributed by atoms with Crippen molar-refractivity contribution >= 4 is 28.9 Å². The maximum Gasteiger partial charge on any atom is 0.348 e. The van der Waals surface area contributed by atoms with Crippen LogP contribution in [-0.2, 0) is 6.42 Å². The number of aryl methyl sites for hydroxylation is 1. The maximum absolute atomic E-state index is 13.6. The van der Waals surface area contributed by atoms with Crippen LogP contribution in [0.3, 0.4) is 0 Å². The zero-order valence-electron chi connectivity index (χ0n) is 16.5. The molecule has 2 rings (SSSR count).